The fraction of sp³-hybridized carbons (Fsp3) is 0.500. The molecule has 22 heavy (non-hydrogen) atoms. The van der Waals surface area contributed by atoms with Crippen LogP contribution in [0.3, 0.4) is 0 Å². The monoisotopic (exact) mass is 300 g/mol. The van der Waals surface area contributed by atoms with Crippen LogP contribution in [0.2, 0.25) is 0 Å². The van der Waals surface area contributed by atoms with Crippen LogP contribution < -0.4 is 5.56 Å². The van der Waals surface area contributed by atoms with Gasteiger partial charge in [0.2, 0.25) is 5.91 Å². The predicted molar refractivity (Wildman–Crippen MR) is 83.4 cm³/mol. The van der Waals surface area contributed by atoms with E-state index in [-0.39, 0.29) is 24.1 Å². The number of hydrogen-bond donors (Lipinski definition) is 0. The van der Waals surface area contributed by atoms with Crippen molar-refractivity contribution in [2.45, 2.75) is 39.3 Å². The normalized spacial score (nSPS) is 18.3. The van der Waals surface area contributed by atoms with Crippen LogP contribution >= 0.6 is 0 Å². The molecule has 0 aliphatic carbocycles. The number of benzene rings is 1. The maximum absolute atomic E-state index is 12.5. The number of fused-ring (bicyclic) bond motifs is 1. The lowest BCUT2D eigenvalue weighted by Gasteiger charge is -2.27. The highest BCUT2D eigenvalue weighted by Gasteiger charge is 2.31. The molecule has 3 rings (SSSR count). The molecule has 0 N–H and O–H groups in total. The first-order valence-corrected chi connectivity index (χ1v) is 7.70. The van der Waals surface area contributed by atoms with Gasteiger partial charge in [0.05, 0.1) is 5.39 Å². The van der Waals surface area contributed by atoms with E-state index in [1.807, 2.05) is 11.0 Å². The van der Waals surface area contributed by atoms with Crippen molar-refractivity contribution >= 4 is 16.8 Å². The number of amides is 1. The van der Waals surface area contributed by atoms with Crippen LogP contribution in [0.1, 0.15) is 26.7 Å². The van der Waals surface area contributed by atoms with E-state index >= 15 is 0 Å². The third-order valence-corrected chi connectivity index (χ3v) is 4.30. The quantitative estimate of drug-likeness (QED) is 0.860. The molecule has 1 aliphatic rings. The van der Waals surface area contributed by atoms with Crippen LogP contribution in [0, 0.1) is 5.92 Å². The van der Waals surface area contributed by atoms with E-state index in [4.69, 9.17) is 0 Å². The van der Waals surface area contributed by atoms with Gasteiger partial charge in [-0.15, -0.1) is 5.10 Å². The molecule has 2 aromatic rings. The highest BCUT2D eigenvalue weighted by atomic mass is 16.2. The Morgan fingerprint density at radius 1 is 1.36 bits per heavy atom. The maximum atomic E-state index is 12.5. The summed E-state index contributed by atoms with van der Waals surface area (Å²) in [5, 5.41) is 8.41. The zero-order valence-electron chi connectivity index (χ0n) is 12.9. The van der Waals surface area contributed by atoms with Gasteiger partial charge in [0.15, 0.2) is 0 Å². The van der Waals surface area contributed by atoms with Crippen molar-refractivity contribution in [3.63, 3.8) is 0 Å². The number of nitrogens with zero attached hydrogens (tertiary/aromatic N) is 4. The van der Waals surface area contributed by atoms with Gasteiger partial charge in [-0.3, -0.25) is 9.59 Å². The Balaban J connectivity index is 1.85. The Morgan fingerprint density at radius 2 is 2.14 bits per heavy atom. The van der Waals surface area contributed by atoms with Crippen molar-refractivity contribution < 1.29 is 4.79 Å². The second-order valence-corrected chi connectivity index (χ2v) is 6.11. The summed E-state index contributed by atoms with van der Waals surface area (Å²) in [7, 11) is 0. The minimum atomic E-state index is -0.265. The average molecular weight is 300 g/mol. The molecule has 1 saturated heterocycles. The molecule has 1 aromatic heterocycles. The van der Waals surface area contributed by atoms with Crippen LogP contribution in [0.15, 0.2) is 29.1 Å². The number of hydrogen-bond acceptors (Lipinski definition) is 4. The first kappa shape index (κ1) is 14.7. The molecule has 1 amide bonds. The molecule has 1 fully saturated rings. The summed E-state index contributed by atoms with van der Waals surface area (Å²) in [4.78, 5) is 26.8. The standard InChI is InChI=1S/C16H20N4O2/c1-11(2)14-8-5-9-19(14)15(21)10-20-16(22)12-6-3-4-7-13(12)17-18-20/h3-4,6-7,11,14H,5,8-10H2,1-2H3/t14-/m0/s1. The predicted octanol–water partition coefficient (Wildman–Crippen LogP) is 1.44. The summed E-state index contributed by atoms with van der Waals surface area (Å²) in [6.45, 7) is 4.97. The topological polar surface area (TPSA) is 68.1 Å². The Morgan fingerprint density at radius 3 is 2.91 bits per heavy atom. The van der Waals surface area contributed by atoms with E-state index < -0.39 is 0 Å². The second-order valence-electron chi connectivity index (χ2n) is 6.11. The Labute approximate surface area is 128 Å². The van der Waals surface area contributed by atoms with E-state index in [1.165, 1.54) is 4.68 Å². The molecule has 0 saturated carbocycles. The van der Waals surface area contributed by atoms with Gasteiger partial charge in [-0.25, -0.2) is 4.68 Å². The van der Waals surface area contributed by atoms with Crippen LogP contribution in [0.25, 0.3) is 10.9 Å². The van der Waals surface area contributed by atoms with Crippen molar-refractivity contribution in [2.75, 3.05) is 6.54 Å². The van der Waals surface area contributed by atoms with Gasteiger partial charge in [0, 0.05) is 12.6 Å². The Bertz CT molecular complexity index is 753. The summed E-state index contributed by atoms with van der Waals surface area (Å²) in [5.41, 5.74) is 0.289. The molecule has 6 nitrogen and oxygen atoms in total. The highest BCUT2D eigenvalue weighted by Crippen LogP contribution is 2.23. The van der Waals surface area contributed by atoms with Gasteiger partial charge in [0.25, 0.3) is 5.56 Å². The van der Waals surface area contributed by atoms with Crippen molar-refractivity contribution in [1.29, 1.82) is 0 Å². The molecule has 0 radical (unpaired) electrons. The number of likely N-dealkylation sites (tertiary alicyclic amines) is 1. The van der Waals surface area contributed by atoms with E-state index in [0.29, 0.717) is 16.8 Å². The van der Waals surface area contributed by atoms with E-state index in [0.717, 1.165) is 19.4 Å². The molecular formula is C16H20N4O2. The lowest BCUT2D eigenvalue weighted by Crippen LogP contribution is -2.42. The third kappa shape index (κ3) is 2.61. The average Bonchev–Trinajstić information content (AvgIpc) is 3.00. The lowest BCUT2D eigenvalue weighted by molar-refractivity contribution is -0.133. The minimum absolute atomic E-state index is 0.0418. The smallest absolute Gasteiger partial charge is 0.278 e. The molecule has 0 unspecified atom stereocenters. The second kappa shape index (κ2) is 5.87. The van der Waals surface area contributed by atoms with Crippen molar-refractivity contribution in [1.82, 2.24) is 19.9 Å². The molecule has 116 valence electrons. The van der Waals surface area contributed by atoms with Crippen LogP contribution in [-0.2, 0) is 11.3 Å². The first-order chi connectivity index (χ1) is 10.6. The van der Waals surface area contributed by atoms with E-state index in [2.05, 4.69) is 24.2 Å². The molecule has 0 spiro atoms. The molecular weight excluding hydrogens is 280 g/mol. The number of carbonyl (C=O) groups excluding carboxylic acids is 1. The highest BCUT2D eigenvalue weighted by molar-refractivity contribution is 5.78. The summed E-state index contributed by atoms with van der Waals surface area (Å²) in [6.07, 6.45) is 2.05. The molecule has 1 aromatic carbocycles. The first-order valence-electron chi connectivity index (χ1n) is 7.70. The van der Waals surface area contributed by atoms with Crippen LogP contribution in [-0.4, -0.2) is 38.4 Å². The number of rotatable bonds is 3. The minimum Gasteiger partial charge on any atom is -0.338 e. The van der Waals surface area contributed by atoms with Crippen molar-refractivity contribution in [2.24, 2.45) is 5.92 Å². The number of carbonyl (C=O) groups is 1. The molecule has 1 atom stereocenters. The largest absolute Gasteiger partial charge is 0.338 e. The molecule has 0 bridgehead atoms. The molecule has 2 heterocycles. The number of aromatic nitrogens is 3. The fourth-order valence-corrected chi connectivity index (χ4v) is 3.14. The third-order valence-electron chi connectivity index (χ3n) is 4.30. The van der Waals surface area contributed by atoms with E-state index in [9.17, 15) is 9.59 Å². The lowest BCUT2D eigenvalue weighted by atomic mass is 10.0. The van der Waals surface area contributed by atoms with Crippen LogP contribution in [0.4, 0.5) is 0 Å². The van der Waals surface area contributed by atoms with Crippen molar-refractivity contribution in [3.05, 3.63) is 34.6 Å². The summed E-state index contributed by atoms with van der Waals surface area (Å²) < 4.78 is 1.17. The maximum Gasteiger partial charge on any atom is 0.278 e. The Hall–Kier alpha value is -2.24. The summed E-state index contributed by atoms with van der Waals surface area (Å²) >= 11 is 0. The van der Waals surface area contributed by atoms with Gasteiger partial charge in [-0.2, -0.15) is 0 Å². The van der Waals surface area contributed by atoms with Gasteiger partial charge in [-0.05, 0) is 30.9 Å². The zero-order valence-corrected chi connectivity index (χ0v) is 12.9. The van der Waals surface area contributed by atoms with Gasteiger partial charge in [0.1, 0.15) is 12.1 Å². The SMILES string of the molecule is CC(C)[C@@H]1CCCN1C(=O)Cn1nnc2ccccc2c1=O. The fourth-order valence-electron chi connectivity index (χ4n) is 3.14. The van der Waals surface area contributed by atoms with Crippen LogP contribution in [0.5, 0.6) is 0 Å². The van der Waals surface area contributed by atoms with Gasteiger partial charge < -0.3 is 4.90 Å². The van der Waals surface area contributed by atoms with Gasteiger partial charge in [-0.1, -0.05) is 31.2 Å². The Kier molecular flexibility index (Phi) is 3.92. The van der Waals surface area contributed by atoms with Gasteiger partial charge >= 0.3 is 0 Å². The zero-order chi connectivity index (χ0) is 15.7. The molecule has 6 heteroatoms. The summed E-state index contributed by atoms with van der Waals surface area (Å²) in [6, 6.07) is 7.30. The molecule has 1 aliphatic heterocycles. The van der Waals surface area contributed by atoms with E-state index in [1.54, 1.807) is 18.2 Å². The summed E-state index contributed by atoms with van der Waals surface area (Å²) in [5.74, 6) is 0.369. The van der Waals surface area contributed by atoms with Crippen molar-refractivity contribution in [3.8, 4) is 0 Å².